The van der Waals surface area contributed by atoms with E-state index in [2.05, 4.69) is 41.1 Å². The summed E-state index contributed by atoms with van der Waals surface area (Å²) in [5.74, 6) is 1.38. The zero-order valence-electron chi connectivity index (χ0n) is 11.1. The Bertz CT molecular complexity index is 332. The summed E-state index contributed by atoms with van der Waals surface area (Å²) in [6.07, 6.45) is 2.66. The van der Waals surface area contributed by atoms with E-state index in [0.29, 0.717) is 11.9 Å². The third kappa shape index (κ3) is 4.56. The molecule has 0 aliphatic rings. The van der Waals surface area contributed by atoms with Crippen LogP contribution in [0.3, 0.4) is 0 Å². The van der Waals surface area contributed by atoms with Crippen LogP contribution in [-0.2, 0) is 0 Å². The van der Waals surface area contributed by atoms with Gasteiger partial charge in [-0.2, -0.15) is 0 Å². The molecule has 0 bridgehead atoms. The molecule has 0 aliphatic carbocycles. The van der Waals surface area contributed by atoms with E-state index in [1.54, 1.807) is 13.2 Å². The van der Waals surface area contributed by atoms with E-state index in [4.69, 9.17) is 4.74 Å². The van der Waals surface area contributed by atoms with Gasteiger partial charge in [0.25, 0.3) is 0 Å². The number of anilines is 1. The van der Waals surface area contributed by atoms with Crippen molar-refractivity contribution < 1.29 is 4.74 Å². The van der Waals surface area contributed by atoms with Crippen LogP contribution >= 0.6 is 0 Å². The summed E-state index contributed by atoms with van der Waals surface area (Å²) in [5.41, 5.74) is 0. The molecule has 1 rings (SSSR count). The van der Waals surface area contributed by atoms with Gasteiger partial charge in [-0.15, -0.1) is 0 Å². The molecule has 17 heavy (non-hydrogen) atoms. The van der Waals surface area contributed by atoms with Gasteiger partial charge in [0.1, 0.15) is 12.1 Å². The maximum absolute atomic E-state index is 5.04. The lowest BCUT2D eigenvalue weighted by atomic mass is 10.2. The van der Waals surface area contributed by atoms with E-state index in [1.807, 2.05) is 0 Å². The molecule has 5 nitrogen and oxygen atoms in total. The minimum atomic E-state index is 0.581. The molecule has 0 spiro atoms. The van der Waals surface area contributed by atoms with Crippen LogP contribution in [0, 0.1) is 0 Å². The molecule has 1 aromatic heterocycles. The standard InChI is InChI=1S/C12H22N4O/c1-5-10(2)16(3)7-6-13-11-8-12(17-4)15-9-14-11/h8-10H,5-7H2,1-4H3,(H,13,14,15). The highest BCUT2D eigenvalue weighted by molar-refractivity contribution is 5.36. The molecule has 0 saturated heterocycles. The van der Waals surface area contributed by atoms with Gasteiger partial charge in [-0.25, -0.2) is 9.97 Å². The number of likely N-dealkylation sites (N-methyl/N-ethyl adjacent to an activating group) is 1. The zero-order chi connectivity index (χ0) is 12.7. The van der Waals surface area contributed by atoms with Crippen LogP contribution in [0.1, 0.15) is 20.3 Å². The maximum atomic E-state index is 5.04. The molecule has 1 heterocycles. The number of methoxy groups -OCH3 is 1. The number of rotatable bonds is 7. The highest BCUT2D eigenvalue weighted by Gasteiger charge is 2.05. The average Bonchev–Trinajstić information content (AvgIpc) is 2.37. The molecular weight excluding hydrogens is 216 g/mol. The van der Waals surface area contributed by atoms with Crippen LogP contribution in [0.5, 0.6) is 5.88 Å². The first-order valence-corrected chi connectivity index (χ1v) is 5.97. The van der Waals surface area contributed by atoms with E-state index in [9.17, 15) is 0 Å². The molecule has 0 amide bonds. The van der Waals surface area contributed by atoms with Crippen LogP contribution in [0.4, 0.5) is 5.82 Å². The van der Waals surface area contributed by atoms with Crippen molar-refractivity contribution in [2.24, 2.45) is 0 Å². The SMILES string of the molecule is CCC(C)N(C)CCNc1cc(OC)ncn1. The van der Waals surface area contributed by atoms with E-state index < -0.39 is 0 Å². The van der Waals surface area contributed by atoms with Gasteiger partial charge >= 0.3 is 0 Å². The topological polar surface area (TPSA) is 50.3 Å². The lowest BCUT2D eigenvalue weighted by molar-refractivity contribution is 0.261. The van der Waals surface area contributed by atoms with Gasteiger partial charge in [0, 0.05) is 25.2 Å². The summed E-state index contributed by atoms with van der Waals surface area (Å²) in [7, 11) is 3.74. The third-order valence-corrected chi connectivity index (χ3v) is 2.97. The first-order chi connectivity index (χ1) is 8.17. The van der Waals surface area contributed by atoms with Crippen LogP contribution in [0.25, 0.3) is 0 Å². The van der Waals surface area contributed by atoms with Crippen LogP contribution in [0.15, 0.2) is 12.4 Å². The molecule has 0 radical (unpaired) electrons. The first kappa shape index (κ1) is 13.7. The van der Waals surface area contributed by atoms with Crippen molar-refractivity contribution in [3.05, 3.63) is 12.4 Å². The summed E-state index contributed by atoms with van der Waals surface area (Å²) in [4.78, 5) is 10.4. The quantitative estimate of drug-likeness (QED) is 0.782. The van der Waals surface area contributed by atoms with Gasteiger partial charge in [0.2, 0.25) is 5.88 Å². The van der Waals surface area contributed by atoms with Crippen molar-refractivity contribution in [1.82, 2.24) is 14.9 Å². The summed E-state index contributed by atoms with van der Waals surface area (Å²) < 4.78 is 5.04. The van der Waals surface area contributed by atoms with Gasteiger partial charge in [-0.05, 0) is 20.4 Å². The smallest absolute Gasteiger partial charge is 0.218 e. The van der Waals surface area contributed by atoms with Crippen LogP contribution in [-0.4, -0.2) is 48.2 Å². The molecule has 0 aromatic carbocycles. The van der Waals surface area contributed by atoms with Gasteiger partial charge in [-0.1, -0.05) is 6.92 Å². The normalized spacial score (nSPS) is 12.5. The number of hydrogen-bond acceptors (Lipinski definition) is 5. The Morgan fingerprint density at radius 2 is 2.24 bits per heavy atom. The van der Waals surface area contributed by atoms with Gasteiger partial charge < -0.3 is 15.0 Å². The van der Waals surface area contributed by atoms with E-state index in [0.717, 1.165) is 25.3 Å². The van der Waals surface area contributed by atoms with Crippen molar-refractivity contribution in [2.75, 3.05) is 32.6 Å². The van der Waals surface area contributed by atoms with Gasteiger partial charge in [0.05, 0.1) is 7.11 Å². The number of hydrogen-bond donors (Lipinski definition) is 1. The molecular formula is C12H22N4O. The van der Waals surface area contributed by atoms with Crippen molar-refractivity contribution in [1.29, 1.82) is 0 Å². The Morgan fingerprint density at radius 1 is 1.47 bits per heavy atom. The van der Waals surface area contributed by atoms with Gasteiger partial charge in [0.15, 0.2) is 0 Å². The minimum Gasteiger partial charge on any atom is -0.481 e. The molecule has 0 saturated carbocycles. The van der Waals surface area contributed by atoms with Crippen molar-refractivity contribution >= 4 is 5.82 Å². The molecule has 1 N–H and O–H groups in total. The minimum absolute atomic E-state index is 0.581. The van der Waals surface area contributed by atoms with Crippen LogP contribution in [0.2, 0.25) is 0 Å². The highest BCUT2D eigenvalue weighted by atomic mass is 16.5. The Kier molecular flexibility index (Phi) is 5.69. The zero-order valence-corrected chi connectivity index (χ0v) is 11.1. The van der Waals surface area contributed by atoms with E-state index in [1.165, 1.54) is 6.33 Å². The Hall–Kier alpha value is -1.36. The second-order valence-electron chi connectivity index (χ2n) is 4.11. The van der Waals surface area contributed by atoms with E-state index >= 15 is 0 Å². The Labute approximate surface area is 103 Å². The highest BCUT2D eigenvalue weighted by Crippen LogP contribution is 2.09. The fourth-order valence-electron chi connectivity index (χ4n) is 1.44. The summed E-state index contributed by atoms with van der Waals surface area (Å²) in [6, 6.07) is 2.40. The largest absolute Gasteiger partial charge is 0.481 e. The number of nitrogens with zero attached hydrogens (tertiary/aromatic N) is 3. The number of aromatic nitrogens is 2. The first-order valence-electron chi connectivity index (χ1n) is 5.97. The average molecular weight is 238 g/mol. The Morgan fingerprint density at radius 3 is 2.88 bits per heavy atom. The fourth-order valence-corrected chi connectivity index (χ4v) is 1.44. The molecule has 1 aromatic rings. The maximum Gasteiger partial charge on any atom is 0.218 e. The second-order valence-corrected chi connectivity index (χ2v) is 4.11. The van der Waals surface area contributed by atoms with Crippen molar-refractivity contribution in [2.45, 2.75) is 26.3 Å². The molecule has 0 fully saturated rings. The Balaban J connectivity index is 2.35. The lowest BCUT2D eigenvalue weighted by Gasteiger charge is -2.23. The molecule has 1 unspecified atom stereocenters. The summed E-state index contributed by atoms with van der Waals surface area (Å²) in [5, 5.41) is 3.26. The summed E-state index contributed by atoms with van der Waals surface area (Å²) in [6.45, 7) is 6.28. The fraction of sp³-hybridized carbons (Fsp3) is 0.667. The molecule has 0 aliphatic heterocycles. The van der Waals surface area contributed by atoms with Crippen LogP contribution < -0.4 is 10.1 Å². The predicted molar refractivity (Wildman–Crippen MR) is 69.5 cm³/mol. The monoisotopic (exact) mass is 238 g/mol. The molecule has 1 atom stereocenters. The predicted octanol–water partition coefficient (Wildman–Crippen LogP) is 1.63. The summed E-state index contributed by atoms with van der Waals surface area (Å²) >= 11 is 0. The van der Waals surface area contributed by atoms with Crippen molar-refractivity contribution in [3.8, 4) is 5.88 Å². The molecule has 96 valence electrons. The third-order valence-electron chi connectivity index (χ3n) is 2.97. The number of nitrogens with one attached hydrogen (secondary N) is 1. The second kappa shape index (κ2) is 7.06. The van der Waals surface area contributed by atoms with Gasteiger partial charge in [-0.3, -0.25) is 0 Å². The van der Waals surface area contributed by atoms with Crippen molar-refractivity contribution in [3.63, 3.8) is 0 Å². The van der Waals surface area contributed by atoms with E-state index in [-0.39, 0.29) is 0 Å². The number of ether oxygens (including phenoxy) is 1. The molecule has 5 heteroatoms. The lowest BCUT2D eigenvalue weighted by Crippen LogP contribution is -2.32.